The maximum atomic E-state index is 12.1. The van der Waals surface area contributed by atoms with Gasteiger partial charge in [0, 0.05) is 38.2 Å². The largest absolute Gasteiger partial charge is 0.392 e. The van der Waals surface area contributed by atoms with Crippen molar-refractivity contribution in [1.29, 1.82) is 0 Å². The predicted molar refractivity (Wildman–Crippen MR) is 111 cm³/mol. The third kappa shape index (κ3) is 9.87. The molecule has 1 aromatic heterocycles. The number of pyridine rings is 1. The number of hydrogen-bond acceptors (Lipinski definition) is 4. The number of ether oxygens (including phenoxy) is 1. The van der Waals surface area contributed by atoms with Gasteiger partial charge in [0.25, 0.3) is 5.91 Å². The van der Waals surface area contributed by atoms with Crippen LogP contribution in [0, 0.1) is 13.8 Å². The molecule has 5 nitrogen and oxygen atoms in total. The van der Waals surface area contributed by atoms with Crippen LogP contribution in [-0.2, 0) is 11.3 Å². The molecule has 0 bridgehead atoms. The molecular weight excluding hydrogens is 340 g/mol. The van der Waals surface area contributed by atoms with Crippen molar-refractivity contribution in [1.82, 2.24) is 9.88 Å². The number of benzene rings is 1. The molecule has 0 aliphatic rings. The van der Waals surface area contributed by atoms with Gasteiger partial charge in [-0.15, -0.1) is 0 Å². The van der Waals surface area contributed by atoms with Crippen LogP contribution in [0.2, 0.25) is 0 Å². The van der Waals surface area contributed by atoms with E-state index in [9.17, 15) is 4.79 Å². The number of aliphatic hydroxyl groups excluding tert-OH is 1. The van der Waals surface area contributed by atoms with Crippen molar-refractivity contribution in [2.24, 2.45) is 0 Å². The molecule has 1 aromatic carbocycles. The lowest BCUT2D eigenvalue weighted by Crippen LogP contribution is -2.33. The van der Waals surface area contributed by atoms with E-state index in [4.69, 9.17) is 9.84 Å². The summed E-state index contributed by atoms with van der Waals surface area (Å²) in [5.41, 5.74) is 3.86. The van der Waals surface area contributed by atoms with Crippen LogP contribution in [0.3, 0.4) is 0 Å². The smallest absolute Gasteiger partial charge is 0.253 e. The van der Waals surface area contributed by atoms with Gasteiger partial charge in [0.2, 0.25) is 0 Å². The normalized spacial score (nSPS) is 9.44. The third-order valence-electron chi connectivity index (χ3n) is 3.65. The predicted octanol–water partition coefficient (Wildman–Crippen LogP) is 4.01. The minimum absolute atomic E-state index is 0.0690. The fourth-order valence-corrected chi connectivity index (χ4v) is 2.19. The molecule has 0 saturated carbocycles. The second kappa shape index (κ2) is 14.9. The summed E-state index contributed by atoms with van der Waals surface area (Å²) in [4.78, 5) is 17.7. The molecular formula is C22H34N2O3. The van der Waals surface area contributed by atoms with Crippen molar-refractivity contribution < 1.29 is 14.6 Å². The van der Waals surface area contributed by atoms with E-state index < -0.39 is 0 Å². The molecule has 0 unspecified atom stereocenters. The van der Waals surface area contributed by atoms with Gasteiger partial charge in [-0.1, -0.05) is 37.6 Å². The minimum atomic E-state index is 0.0690. The lowest BCUT2D eigenvalue weighted by Gasteiger charge is -2.20. The van der Waals surface area contributed by atoms with E-state index in [0.717, 1.165) is 22.3 Å². The van der Waals surface area contributed by atoms with Crippen molar-refractivity contribution >= 4 is 5.91 Å². The Morgan fingerprint density at radius 3 is 2.19 bits per heavy atom. The first kappa shape index (κ1) is 24.8. The molecule has 0 atom stereocenters. The molecule has 1 amide bonds. The molecule has 0 radical (unpaired) electrons. The Morgan fingerprint density at radius 1 is 1.11 bits per heavy atom. The van der Waals surface area contributed by atoms with Crippen LogP contribution in [0.25, 0.3) is 0 Å². The number of likely N-dealkylation sites (N-methyl/N-ethyl adjacent to an activating group) is 1. The maximum Gasteiger partial charge on any atom is 0.253 e. The number of aromatic nitrogens is 1. The lowest BCUT2D eigenvalue weighted by molar-refractivity contribution is 0.0706. The van der Waals surface area contributed by atoms with Crippen LogP contribution in [0.15, 0.2) is 42.7 Å². The molecule has 2 rings (SSSR count). The number of carbonyl (C=O) groups excluding carboxylic acids is 1. The average Bonchev–Trinajstić information content (AvgIpc) is 2.71. The third-order valence-corrected chi connectivity index (χ3v) is 3.65. The summed E-state index contributed by atoms with van der Waals surface area (Å²) in [7, 11) is 1.64. The quantitative estimate of drug-likeness (QED) is 0.830. The highest BCUT2D eigenvalue weighted by atomic mass is 16.5. The van der Waals surface area contributed by atoms with E-state index in [1.54, 1.807) is 24.4 Å². The molecule has 0 aliphatic heterocycles. The Kier molecular flexibility index (Phi) is 13.6. The lowest BCUT2D eigenvalue weighted by atomic mass is 10.1. The highest BCUT2D eigenvalue weighted by molar-refractivity contribution is 5.94. The highest BCUT2D eigenvalue weighted by Crippen LogP contribution is 2.07. The number of rotatable bonds is 6. The SMILES string of the molecule is CC.CCN(CCOC)C(=O)c1ccc(C)cc1.Cc1cncc(CO)c1. The average molecular weight is 375 g/mol. The van der Waals surface area contributed by atoms with E-state index in [1.165, 1.54) is 0 Å². The monoisotopic (exact) mass is 374 g/mol. The van der Waals surface area contributed by atoms with E-state index in [2.05, 4.69) is 4.98 Å². The molecule has 0 aliphatic carbocycles. The molecule has 1 N–H and O–H groups in total. The zero-order valence-electron chi connectivity index (χ0n) is 17.5. The standard InChI is InChI=1S/C13H19NO2.C7H9NO.C2H6/c1-4-14(9-10-16-3)13(15)12-7-5-11(2)6-8-12;1-6-2-7(5-9)4-8-3-6;1-2/h5-8H,4,9-10H2,1-3H3;2-4,9H,5H2,1H3;1-2H3. The number of methoxy groups -OCH3 is 1. The van der Waals surface area contributed by atoms with Gasteiger partial charge in [0.15, 0.2) is 0 Å². The molecule has 5 heteroatoms. The van der Waals surface area contributed by atoms with E-state index in [-0.39, 0.29) is 12.5 Å². The van der Waals surface area contributed by atoms with Crippen LogP contribution in [0.1, 0.15) is 47.8 Å². The molecule has 150 valence electrons. The zero-order chi connectivity index (χ0) is 20.7. The number of aliphatic hydroxyl groups is 1. The number of amides is 1. The summed E-state index contributed by atoms with van der Waals surface area (Å²) in [6.45, 7) is 11.9. The maximum absolute atomic E-state index is 12.1. The van der Waals surface area contributed by atoms with Crippen molar-refractivity contribution in [3.63, 3.8) is 0 Å². The van der Waals surface area contributed by atoms with Crippen molar-refractivity contribution in [3.8, 4) is 0 Å². The van der Waals surface area contributed by atoms with Gasteiger partial charge < -0.3 is 14.7 Å². The molecule has 0 spiro atoms. The Hall–Kier alpha value is -2.24. The molecule has 27 heavy (non-hydrogen) atoms. The molecule has 2 aromatic rings. The molecule has 1 heterocycles. The van der Waals surface area contributed by atoms with E-state index >= 15 is 0 Å². The van der Waals surface area contributed by atoms with E-state index in [1.807, 2.05) is 65.0 Å². The Balaban J connectivity index is 0.000000519. The highest BCUT2D eigenvalue weighted by Gasteiger charge is 2.12. The first-order valence-electron chi connectivity index (χ1n) is 9.38. The number of aryl methyl sites for hydroxylation is 2. The summed E-state index contributed by atoms with van der Waals surface area (Å²) < 4.78 is 4.99. The van der Waals surface area contributed by atoms with Crippen LogP contribution in [0.5, 0.6) is 0 Å². The summed E-state index contributed by atoms with van der Waals surface area (Å²) in [5.74, 6) is 0.0690. The summed E-state index contributed by atoms with van der Waals surface area (Å²) in [6, 6.07) is 9.56. The van der Waals surface area contributed by atoms with Crippen molar-refractivity contribution in [2.75, 3.05) is 26.8 Å². The summed E-state index contributed by atoms with van der Waals surface area (Å²) in [6.07, 6.45) is 3.42. The fraction of sp³-hybridized carbons (Fsp3) is 0.455. The number of nitrogens with zero attached hydrogens (tertiary/aromatic N) is 2. The Bertz CT molecular complexity index is 642. The number of carbonyl (C=O) groups is 1. The molecule has 0 fully saturated rings. The second-order valence-corrected chi connectivity index (χ2v) is 5.77. The zero-order valence-corrected chi connectivity index (χ0v) is 17.5. The first-order valence-corrected chi connectivity index (χ1v) is 9.38. The van der Waals surface area contributed by atoms with Gasteiger partial charge in [-0.25, -0.2) is 0 Å². The van der Waals surface area contributed by atoms with Gasteiger partial charge in [-0.2, -0.15) is 0 Å². The van der Waals surface area contributed by atoms with Crippen molar-refractivity contribution in [3.05, 3.63) is 65.0 Å². The van der Waals surface area contributed by atoms with Gasteiger partial charge in [-0.3, -0.25) is 9.78 Å². The van der Waals surface area contributed by atoms with Crippen LogP contribution in [-0.4, -0.2) is 47.7 Å². The van der Waals surface area contributed by atoms with Gasteiger partial charge >= 0.3 is 0 Å². The summed E-state index contributed by atoms with van der Waals surface area (Å²) in [5, 5.41) is 8.62. The Labute approximate surface area is 164 Å². The first-order chi connectivity index (χ1) is 13.0. The minimum Gasteiger partial charge on any atom is -0.392 e. The fourth-order valence-electron chi connectivity index (χ4n) is 2.19. The van der Waals surface area contributed by atoms with Crippen LogP contribution < -0.4 is 0 Å². The van der Waals surface area contributed by atoms with Crippen LogP contribution in [0.4, 0.5) is 0 Å². The van der Waals surface area contributed by atoms with Gasteiger partial charge in [0.05, 0.1) is 13.2 Å². The topological polar surface area (TPSA) is 62.7 Å². The second-order valence-electron chi connectivity index (χ2n) is 5.77. The van der Waals surface area contributed by atoms with Gasteiger partial charge in [-0.05, 0) is 44.0 Å². The van der Waals surface area contributed by atoms with E-state index in [0.29, 0.717) is 19.7 Å². The van der Waals surface area contributed by atoms with Crippen molar-refractivity contribution in [2.45, 2.75) is 41.2 Å². The molecule has 0 saturated heterocycles. The van der Waals surface area contributed by atoms with Crippen LogP contribution >= 0.6 is 0 Å². The van der Waals surface area contributed by atoms with Gasteiger partial charge in [0.1, 0.15) is 0 Å². The number of hydrogen-bond donors (Lipinski definition) is 1. The Morgan fingerprint density at radius 2 is 1.74 bits per heavy atom. The summed E-state index contributed by atoms with van der Waals surface area (Å²) >= 11 is 0.